The second-order valence-electron chi connectivity index (χ2n) is 5.83. The summed E-state index contributed by atoms with van der Waals surface area (Å²) in [6, 6.07) is 4.26. The zero-order valence-corrected chi connectivity index (χ0v) is 14.6. The number of hydrogen-bond acceptors (Lipinski definition) is 4. The molecular formula is C18H34N4. The van der Waals surface area contributed by atoms with Gasteiger partial charge in [0.15, 0.2) is 0 Å². The minimum Gasteiger partial charge on any atom is -0.395 e. The molecule has 0 fully saturated rings. The fraction of sp³-hybridized carbons (Fsp3) is 0.667. The SMILES string of the molecule is CCCCNc1cc(NCCCC)c(N)c(NCCCC)c1. The summed E-state index contributed by atoms with van der Waals surface area (Å²) in [4.78, 5) is 0. The molecule has 0 atom stereocenters. The van der Waals surface area contributed by atoms with E-state index in [9.17, 15) is 0 Å². The number of hydrogen-bond donors (Lipinski definition) is 4. The lowest BCUT2D eigenvalue weighted by atomic mass is 10.1. The lowest BCUT2D eigenvalue weighted by Gasteiger charge is -2.17. The molecular weight excluding hydrogens is 272 g/mol. The van der Waals surface area contributed by atoms with Crippen molar-refractivity contribution >= 4 is 22.7 Å². The summed E-state index contributed by atoms with van der Waals surface area (Å²) >= 11 is 0. The van der Waals surface area contributed by atoms with Gasteiger partial charge in [0.2, 0.25) is 0 Å². The van der Waals surface area contributed by atoms with Crippen molar-refractivity contribution in [2.24, 2.45) is 0 Å². The Morgan fingerprint density at radius 1 is 0.727 bits per heavy atom. The van der Waals surface area contributed by atoms with E-state index >= 15 is 0 Å². The molecule has 1 rings (SSSR count). The Balaban J connectivity index is 2.81. The first-order valence-electron chi connectivity index (χ1n) is 8.88. The van der Waals surface area contributed by atoms with Gasteiger partial charge < -0.3 is 21.7 Å². The van der Waals surface area contributed by atoms with Crippen LogP contribution in [0.25, 0.3) is 0 Å². The van der Waals surface area contributed by atoms with E-state index in [0.717, 1.165) is 55.2 Å². The lowest BCUT2D eigenvalue weighted by Crippen LogP contribution is -2.10. The molecule has 0 aliphatic heterocycles. The van der Waals surface area contributed by atoms with Crippen molar-refractivity contribution in [3.63, 3.8) is 0 Å². The van der Waals surface area contributed by atoms with E-state index in [2.05, 4.69) is 48.9 Å². The summed E-state index contributed by atoms with van der Waals surface area (Å²) in [5, 5.41) is 10.4. The van der Waals surface area contributed by atoms with Crippen molar-refractivity contribution in [2.45, 2.75) is 59.3 Å². The quantitative estimate of drug-likeness (QED) is 0.327. The molecule has 126 valence electrons. The molecule has 4 heteroatoms. The Morgan fingerprint density at radius 3 is 1.55 bits per heavy atom. The van der Waals surface area contributed by atoms with Gasteiger partial charge in [0, 0.05) is 25.3 Å². The van der Waals surface area contributed by atoms with Crippen molar-refractivity contribution in [3.05, 3.63) is 12.1 Å². The predicted octanol–water partition coefficient (Wildman–Crippen LogP) is 4.90. The molecule has 0 aromatic heterocycles. The third kappa shape index (κ3) is 6.46. The van der Waals surface area contributed by atoms with Gasteiger partial charge >= 0.3 is 0 Å². The molecule has 0 unspecified atom stereocenters. The summed E-state index contributed by atoms with van der Waals surface area (Å²) < 4.78 is 0. The zero-order chi connectivity index (χ0) is 16.2. The number of rotatable bonds is 12. The molecule has 1 aromatic carbocycles. The van der Waals surface area contributed by atoms with Crippen LogP contribution in [0.2, 0.25) is 0 Å². The predicted molar refractivity (Wildman–Crippen MR) is 101 cm³/mol. The Bertz CT molecular complexity index is 387. The van der Waals surface area contributed by atoms with Gasteiger partial charge in [-0.3, -0.25) is 0 Å². The fourth-order valence-electron chi connectivity index (χ4n) is 2.26. The summed E-state index contributed by atoms with van der Waals surface area (Å²) in [5.41, 5.74) is 10.4. The van der Waals surface area contributed by atoms with E-state index in [1.807, 2.05) is 0 Å². The van der Waals surface area contributed by atoms with E-state index in [-0.39, 0.29) is 0 Å². The average molecular weight is 306 g/mol. The van der Waals surface area contributed by atoms with Crippen LogP contribution < -0.4 is 21.7 Å². The molecule has 0 aliphatic rings. The number of benzene rings is 1. The third-order valence-electron chi connectivity index (χ3n) is 3.73. The highest BCUT2D eigenvalue weighted by Gasteiger charge is 2.08. The highest BCUT2D eigenvalue weighted by molar-refractivity contribution is 5.84. The van der Waals surface area contributed by atoms with E-state index in [1.165, 1.54) is 25.7 Å². The molecule has 0 aliphatic carbocycles. The highest BCUT2D eigenvalue weighted by atomic mass is 15.0. The van der Waals surface area contributed by atoms with Crippen LogP contribution in [0.15, 0.2) is 12.1 Å². The van der Waals surface area contributed by atoms with Crippen LogP contribution in [0.1, 0.15) is 59.3 Å². The maximum atomic E-state index is 6.32. The van der Waals surface area contributed by atoms with Crippen LogP contribution in [-0.2, 0) is 0 Å². The molecule has 0 heterocycles. The topological polar surface area (TPSA) is 62.1 Å². The number of anilines is 4. The van der Waals surface area contributed by atoms with Crippen LogP contribution in [0, 0.1) is 0 Å². The molecule has 1 aromatic rings. The van der Waals surface area contributed by atoms with Gasteiger partial charge in [-0.05, 0) is 31.4 Å². The lowest BCUT2D eigenvalue weighted by molar-refractivity contribution is 0.830. The maximum absolute atomic E-state index is 6.32. The van der Waals surface area contributed by atoms with E-state index < -0.39 is 0 Å². The van der Waals surface area contributed by atoms with E-state index in [0.29, 0.717) is 0 Å². The molecule has 0 amide bonds. The first kappa shape index (κ1) is 18.5. The molecule has 4 nitrogen and oxygen atoms in total. The molecule has 0 saturated heterocycles. The van der Waals surface area contributed by atoms with Gasteiger partial charge in [0.25, 0.3) is 0 Å². The van der Waals surface area contributed by atoms with Gasteiger partial charge in [-0.1, -0.05) is 40.0 Å². The average Bonchev–Trinajstić information content (AvgIpc) is 2.52. The van der Waals surface area contributed by atoms with Crippen molar-refractivity contribution in [3.8, 4) is 0 Å². The summed E-state index contributed by atoms with van der Waals surface area (Å²) in [6.45, 7) is 9.54. The smallest absolute Gasteiger partial charge is 0.0787 e. The first-order chi connectivity index (χ1) is 10.7. The van der Waals surface area contributed by atoms with Crippen LogP contribution in [0.4, 0.5) is 22.7 Å². The number of nitrogens with one attached hydrogen (secondary N) is 3. The highest BCUT2D eigenvalue weighted by Crippen LogP contribution is 2.32. The zero-order valence-electron chi connectivity index (χ0n) is 14.6. The molecule has 5 N–H and O–H groups in total. The van der Waals surface area contributed by atoms with Gasteiger partial charge in [0.1, 0.15) is 0 Å². The minimum atomic E-state index is 0.827. The van der Waals surface area contributed by atoms with Crippen molar-refractivity contribution in [1.29, 1.82) is 0 Å². The van der Waals surface area contributed by atoms with Gasteiger partial charge in [-0.2, -0.15) is 0 Å². The number of unbranched alkanes of at least 4 members (excludes halogenated alkanes) is 3. The van der Waals surface area contributed by atoms with Crippen LogP contribution in [-0.4, -0.2) is 19.6 Å². The second kappa shape index (κ2) is 11.0. The summed E-state index contributed by atoms with van der Waals surface area (Å²) in [5.74, 6) is 0. The van der Waals surface area contributed by atoms with Gasteiger partial charge in [-0.25, -0.2) is 0 Å². The minimum absolute atomic E-state index is 0.827. The van der Waals surface area contributed by atoms with Crippen LogP contribution in [0.5, 0.6) is 0 Å². The monoisotopic (exact) mass is 306 g/mol. The summed E-state index contributed by atoms with van der Waals surface area (Å²) in [7, 11) is 0. The van der Waals surface area contributed by atoms with Crippen molar-refractivity contribution < 1.29 is 0 Å². The fourth-order valence-corrected chi connectivity index (χ4v) is 2.26. The van der Waals surface area contributed by atoms with E-state index in [1.54, 1.807) is 0 Å². The Hall–Kier alpha value is -1.58. The molecule has 0 spiro atoms. The Labute approximate surface area is 136 Å². The van der Waals surface area contributed by atoms with Gasteiger partial charge in [0.05, 0.1) is 17.1 Å². The maximum Gasteiger partial charge on any atom is 0.0787 e. The summed E-state index contributed by atoms with van der Waals surface area (Å²) in [6.07, 6.45) is 7.07. The van der Waals surface area contributed by atoms with E-state index in [4.69, 9.17) is 5.73 Å². The Kier molecular flexibility index (Phi) is 9.28. The second-order valence-corrected chi connectivity index (χ2v) is 5.83. The number of nitrogen functional groups attached to an aromatic ring is 1. The molecule has 0 radical (unpaired) electrons. The van der Waals surface area contributed by atoms with Crippen molar-refractivity contribution in [1.82, 2.24) is 0 Å². The third-order valence-corrected chi connectivity index (χ3v) is 3.73. The molecule has 22 heavy (non-hydrogen) atoms. The van der Waals surface area contributed by atoms with Crippen LogP contribution >= 0.6 is 0 Å². The standard InChI is InChI=1S/C18H34N4/c1-4-7-10-20-15-13-16(21-11-8-5-2)18(19)17(14-15)22-12-9-6-3/h13-14,20-22H,4-12,19H2,1-3H3. The molecule has 0 saturated carbocycles. The largest absolute Gasteiger partial charge is 0.395 e. The van der Waals surface area contributed by atoms with Crippen LogP contribution in [0.3, 0.4) is 0 Å². The number of nitrogens with two attached hydrogens (primary N) is 1. The Morgan fingerprint density at radius 2 is 1.14 bits per heavy atom. The van der Waals surface area contributed by atoms with Gasteiger partial charge in [-0.15, -0.1) is 0 Å². The first-order valence-corrected chi connectivity index (χ1v) is 8.88. The van der Waals surface area contributed by atoms with Crippen molar-refractivity contribution in [2.75, 3.05) is 41.3 Å². The normalized spacial score (nSPS) is 10.5. The molecule has 0 bridgehead atoms.